The minimum atomic E-state index is -3.42. The Labute approximate surface area is 138 Å². The second-order valence-corrected chi connectivity index (χ2v) is 8.26. The lowest BCUT2D eigenvalue weighted by Crippen LogP contribution is -2.23. The molecule has 21 heavy (non-hydrogen) atoms. The molecule has 0 aliphatic rings. The van der Waals surface area contributed by atoms with Crippen LogP contribution in [0.15, 0.2) is 23.2 Å². The topological polar surface area (TPSA) is 38.8 Å². The molecule has 4 nitrogen and oxygen atoms in total. The summed E-state index contributed by atoms with van der Waals surface area (Å²) >= 11 is 11.6. The minimum absolute atomic E-state index is 0.306. The molecule has 0 aliphatic heterocycles. The fourth-order valence-electron chi connectivity index (χ4n) is 1.60. The van der Waals surface area contributed by atoms with Gasteiger partial charge in [0.2, 0.25) is 0 Å². The second-order valence-electron chi connectivity index (χ2n) is 5.03. The van der Waals surface area contributed by atoms with Crippen molar-refractivity contribution in [3.05, 3.63) is 23.2 Å². The van der Waals surface area contributed by atoms with Crippen molar-refractivity contribution in [3.8, 4) is 0 Å². The largest absolute Gasteiger partial charge is 0.408 e. The lowest BCUT2D eigenvalue weighted by Gasteiger charge is -2.30. The van der Waals surface area contributed by atoms with Crippen LogP contribution in [0.1, 0.15) is 39.5 Å². The third kappa shape index (κ3) is 8.39. The molecule has 0 aromatic heterocycles. The molecule has 0 fully saturated rings. The maximum atomic E-state index is 13.0. The first kappa shape index (κ1) is 21.2. The molecular formula is C14H26Cl2NO3P. The van der Waals surface area contributed by atoms with E-state index >= 15 is 0 Å². The van der Waals surface area contributed by atoms with E-state index in [4.69, 9.17) is 32.2 Å². The predicted molar refractivity (Wildman–Crippen MR) is 90.8 cm³/mol. The van der Waals surface area contributed by atoms with Gasteiger partial charge in [-0.15, -0.1) is 0 Å². The van der Waals surface area contributed by atoms with Crippen LogP contribution in [0, 0.1) is 0 Å². The van der Waals surface area contributed by atoms with Crippen LogP contribution in [0.3, 0.4) is 0 Å². The van der Waals surface area contributed by atoms with E-state index in [1.165, 1.54) is 4.67 Å². The molecular weight excluding hydrogens is 332 g/mol. The van der Waals surface area contributed by atoms with Gasteiger partial charge in [-0.3, -0.25) is 9.05 Å². The Hall–Kier alpha value is 0.170. The molecule has 0 rings (SSSR count). The zero-order valence-corrected chi connectivity index (χ0v) is 15.7. The Morgan fingerprint density at radius 1 is 1.05 bits per heavy atom. The third-order valence-electron chi connectivity index (χ3n) is 2.86. The summed E-state index contributed by atoms with van der Waals surface area (Å²) in [6.45, 7) is 11.2. The van der Waals surface area contributed by atoms with Gasteiger partial charge in [0.1, 0.15) is 0 Å². The lowest BCUT2D eigenvalue weighted by atomic mass is 10.2. The summed E-state index contributed by atoms with van der Waals surface area (Å²) in [6.07, 6.45) is 1.56. The summed E-state index contributed by atoms with van der Waals surface area (Å²) in [6, 6.07) is 0. The molecule has 0 saturated carbocycles. The molecule has 0 saturated heterocycles. The zero-order chi connectivity index (χ0) is 16.6. The number of hydrogen-bond acceptors (Lipinski definition) is 3. The molecule has 0 aliphatic carbocycles. The summed E-state index contributed by atoms with van der Waals surface area (Å²) in [4.78, 5) is 0. The molecule has 0 bridgehead atoms. The van der Waals surface area contributed by atoms with Crippen molar-refractivity contribution in [1.82, 2.24) is 4.67 Å². The molecule has 0 aromatic rings. The summed E-state index contributed by atoms with van der Waals surface area (Å²) in [5.41, 5.74) is 0. The Kier molecular flexibility index (Phi) is 10.1. The number of rotatable bonds is 11. The minimum Gasteiger partial charge on any atom is -0.293 e. The van der Waals surface area contributed by atoms with Gasteiger partial charge in [-0.05, 0) is 26.9 Å². The van der Waals surface area contributed by atoms with Gasteiger partial charge in [0.15, 0.2) is 0 Å². The van der Waals surface area contributed by atoms with Gasteiger partial charge in [0, 0.05) is 22.9 Å². The molecule has 0 aromatic carbocycles. The summed E-state index contributed by atoms with van der Waals surface area (Å²) in [5, 5.41) is 0.932. The van der Waals surface area contributed by atoms with Gasteiger partial charge >= 0.3 is 7.75 Å². The van der Waals surface area contributed by atoms with Gasteiger partial charge in [-0.1, -0.05) is 50.2 Å². The molecule has 0 heterocycles. The highest BCUT2D eigenvalue weighted by Crippen LogP contribution is 2.53. The van der Waals surface area contributed by atoms with E-state index in [9.17, 15) is 4.57 Å². The van der Waals surface area contributed by atoms with Gasteiger partial charge in [-0.25, -0.2) is 9.24 Å². The molecule has 0 N–H and O–H groups in total. The number of nitrogens with zero attached hydrogens (tertiary/aromatic N) is 1. The number of hydrogen-bond donors (Lipinski definition) is 0. The first-order chi connectivity index (χ1) is 9.64. The zero-order valence-electron chi connectivity index (χ0n) is 13.3. The van der Waals surface area contributed by atoms with Crippen LogP contribution in [0.5, 0.6) is 0 Å². The molecule has 0 spiro atoms. The smallest absolute Gasteiger partial charge is 0.293 e. The van der Waals surface area contributed by atoms with Crippen LogP contribution in [0.25, 0.3) is 0 Å². The highest BCUT2D eigenvalue weighted by molar-refractivity contribution is 7.51. The normalized spacial score (nSPS) is 17.3. The molecule has 0 radical (unpaired) electrons. The summed E-state index contributed by atoms with van der Waals surface area (Å²) in [5.74, 6) is 0. The van der Waals surface area contributed by atoms with Crippen LogP contribution >= 0.6 is 30.9 Å². The summed E-state index contributed by atoms with van der Waals surface area (Å²) in [7, 11) is -0.0992. The SMILES string of the molecule is C=C(Cl)CC(CC)OP(=O)(OC(CC)CC(=C)Cl)N(C)C. The standard InChI is InChI=1S/C14H26Cl2NO3P/c1-7-13(9-11(3)15)19-21(18,17(5)6)20-14(8-2)10-12(4)16/h13-14H,3-4,7-10H2,1-2,5-6H3. The first-order valence-electron chi connectivity index (χ1n) is 6.95. The highest BCUT2D eigenvalue weighted by Gasteiger charge is 2.34. The Morgan fingerprint density at radius 3 is 1.57 bits per heavy atom. The van der Waals surface area contributed by atoms with Gasteiger partial charge in [0.25, 0.3) is 0 Å². The van der Waals surface area contributed by atoms with Gasteiger partial charge in [0.05, 0.1) is 12.2 Å². The van der Waals surface area contributed by atoms with E-state index < -0.39 is 7.75 Å². The van der Waals surface area contributed by atoms with Gasteiger partial charge < -0.3 is 0 Å². The third-order valence-corrected chi connectivity index (χ3v) is 5.28. The highest BCUT2D eigenvalue weighted by atomic mass is 35.5. The van der Waals surface area contributed by atoms with Crippen molar-refractivity contribution in [2.24, 2.45) is 0 Å². The van der Waals surface area contributed by atoms with Gasteiger partial charge in [-0.2, -0.15) is 0 Å². The van der Waals surface area contributed by atoms with E-state index in [2.05, 4.69) is 13.2 Å². The molecule has 7 heteroatoms. The summed E-state index contributed by atoms with van der Waals surface area (Å²) < 4.78 is 25.8. The maximum Gasteiger partial charge on any atom is 0.408 e. The van der Waals surface area contributed by atoms with E-state index in [1.54, 1.807) is 14.1 Å². The van der Waals surface area contributed by atoms with Crippen molar-refractivity contribution in [2.45, 2.75) is 51.7 Å². The molecule has 2 atom stereocenters. The van der Waals surface area contributed by atoms with Crippen molar-refractivity contribution in [3.63, 3.8) is 0 Å². The van der Waals surface area contributed by atoms with Crippen LogP contribution in [-0.4, -0.2) is 31.0 Å². The van der Waals surface area contributed by atoms with Crippen molar-refractivity contribution < 1.29 is 13.6 Å². The lowest BCUT2D eigenvalue weighted by molar-refractivity contribution is 0.0877. The van der Waals surface area contributed by atoms with E-state index in [0.29, 0.717) is 35.7 Å². The predicted octanol–water partition coefficient (Wildman–Crippen LogP) is 5.53. The molecule has 0 amide bonds. The van der Waals surface area contributed by atoms with Crippen LogP contribution in [0.4, 0.5) is 0 Å². The first-order valence-corrected chi connectivity index (χ1v) is 9.20. The average molecular weight is 358 g/mol. The van der Waals surface area contributed by atoms with Crippen molar-refractivity contribution >= 4 is 30.9 Å². The Balaban J connectivity index is 5.01. The van der Waals surface area contributed by atoms with Crippen LogP contribution in [0.2, 0.25) is 0 Å². The molecule has 124 valence electrons. The maximum absolute atomic E-state index is 13.0. The van der Waals surface area contributed by atoms with Crippen molar-refractivity contribution in [1.29, 1.82) is 0 Å². The fourth-order valence-corrected chi connectivity index (χ4v) is 3.57. The van der Waals surface area contributed by atoms with E-state index in [0.717, 1.165) is 0 Å². The monoisotopic (exact) mass is 357 g/mol. The van der Waals surface area contributed by atoms with Crippen molar-refractivity contribution in [2.75, 3.05) is 14.1 Å². The quantitative estimate of drug-likeness (QED) is 0.455. The second kappa shape index (κ2) is 10.0. The Morgan fingerprint density at radius 2 is 1.38 bits per heavy atom. The van der Waals surface area contributed by atoms with Crippen LogP contribution in [-0.2, 0) is 13.6 Å². The van der Waals surface area contributed by atoms with E-state index in [1.807, 2.05) is 13.8 Å². The number of halogens is 2. The Bertz CT molecular complexity index is 372. The average Bonchev–Trinajstić information content (AvgIpc) is 2.35. The van der Waals surface area contributed by atoms with E-state index in [-0.39, 0.29) is 12.2 Å². The fraction of sp³-hybridized carbons (Fsp3) is 0.714. The molecule has 2 unspecified atom stereocenters. The van der Waals surface area contributed by atoms with Crippen LogP contribution < -0.4 is 0 Å².